The van der Waals surface area contributed by atoms with Gasteiger partial charge in [-0.25, -0.2) is 19.1 Å². The number of ether oxygens (including phenoxy) is 2. The lowest BCUT2D eigenvalue weighted by Crippen LogP contribution is -2.51. The first-order valence-corrected chi connectivity index (χ1v) is 33.9. The van der Waals surface area contributed by atoms with Gasteiger partial charge in [-0.1, -0.05) is 93.7 Å². The predicted molar refractivity (Wildman–Crippen MR) is 270 cm³/mol. The van der Waals surface area contributed by atoms with E-state index in [-0.39, 0.29) is 34.2 Å². The van der Waals surface area contributed by atoms with E-state index in [0.29, 0.717) is 0 Å². The summed E-state index contributed by atoms with van der Waals surface area (Å²) < 4.78 is 85.0. The molecule has 70 heavy (non-hydrogen) atoms. The number of thiol groups is 2. The Kier molecular flexibility index (Phi) is 15.3. The molecule has 0 saturated carbocycles. The second-order valence-electron chi connectivity index (χ2n) is 21.2. The normalized spacial score (nSPS) is 29.5. The Morgan fingerprint density at radius 2 is 1.04 bits per heavy atom. The quantitative estimate of drug-likeness (QED) is 0.0534. The fourth-order valence-electron chi connectivity index (χ4n) is 7.24. The minimum atomic E-state index is -4.55. The summed E-state index contributed by atoms with van der Waals surface area (Å²) in [4.78, 5) is 74.8. The number of fused-ring (bicyclic) bond motifs is 6. The van der Waals surface area contributed by atoms with Crippen molar-refractivity contribution in [3.05, 3.63) is 33.4 Å². The zero-order valence-electron chi connectivity index (χ0n) is 41.5. The predicted octanol–water partition coefficient (Wildman–Crippen LogP) is 6.91. The van der Waals surface area contributed by atoms with Gasteiger partial charge in [-0.3, -0.25) is 67.0 Å². The van der Waals surface area contributed by atoms with Gasteiger partial charge >= 0.3 is 13.6 Å². The molecule has 24 nitrogen and oxygen atoms in total. The number of amides is 2. The molecule has 7 rings (SSSR count). The van der Waals surface area contributed by atoms with Crippen LogP contribution in [0.5, 0.6) is 0 Å². The lowest BCUT2D eigenvalue weighted by molar-refractivity contribution is -0.119. The van der Waals surface area contributed by atoms with Crippen LogP contribution >= 0.6 is 38.1 Å². The number of H-pyrrole nitrogens is 2. The molecule has 4 aromatic heterocycles. The van der Waals surface area contributed by atoms with E-state index in [1.807, 2.05) is 67.7 Å². The first kappa shape index (κ1) is 54.7. The van der Waals surface area contributed by atoms with Crippen LogP contribution in [0.15, 0.2) is 22.2 Å². The third kappa shape index (κ3) is 11.3. The van der Waals surface area contributed by atoms with Crippen molar-refractivity contribution < 1.29 is 55.1 Å². The first-order chi connectivity index (χ1) is 32.2. The lowest BCUT2D eigenvalue weighted by atomic mass is 10.1. The van der Waals surface area contributed by atoms with Gasteiger partial charge in [-0.15, -0.1) is 0 Å². The zero-order chi connectivity index (χ0) is 51.8. The maximum atomic E-state index is 14.9. The molecule has 3 aliphatic heterocycles. The van der Waals surface area contributed by atoms with Crippen LogP contribution in [0.4, 0.5) is 11.9 Å². The van der Waals surface area contributed by atoms with Crippen LogP contribution in [0, 0.1) is 11.8 Å². The molecule has 3 saturated heterocycles. The first-order valence-electron chi connectivity index (χ1n) is 22.7. The highest BCUT2D eigenvalue weighted by Gasteiger charge is 2.57. The van der Waals surface area contributed by atoms with Gasteiger partial charge in [-0.2, -0.15) is 9.97 Å². The molecule has 7 heterocycles. The van der Waals surface area contributed by atoms with Crippen molar-refractivity contribution in [2.24, 2.45) is 11.8 Å². The average Bonchev–Trinajstić information content (AvgIpc) is 3.99. The number of carbonyl (C=O) groups excluding carboxylic acids is 2. The van der Waals surface area contributed by atoms with Gasteiger partial charge in [0.15, 0.2) is 51.4 Å². The third-order valence-electron chi connectivity index (χ3n) is 13.3. The topological polar surface area (TPSA) is 293 Å². The molecule has 3 aliphatic rings. The van der Waals surface area contributed by atoms with E-state index in [0.717, 1.165) is 0 Å². The zero-order valence-corrected chi connectivity index (χ0v) is 47.1. The Morgan fingerprint density at radius 3 is 1.36 bits per heavy atom. The van der Waals surface area contributed by atoms with Crippen LogP contribution in [-0.2, 0) is 55.1 Å². The summed E-state index contributed by atoms with van der Waals surface area (Å²) in [5.74, 6) is -2.05. The number of carbonyl (C=O) groups is 2. The summed E-state index contributed by atoms with van der Waals surface area (Å²) in [6.07, 6.45) is -7.52. The summed E-state index contributed by atoms with van der Waals surface area (Å²) in [5, 5.41) is 4.40. The number of nitrogens with one attached hydrogen (secondary N) is 4. The Labute approximate surface area is 416 Å². The molecular formula is C40H64N10O14P2S2Si2. The lowest BCUT2D eigenvalue weighted by Gasteiger charge is -2.41. The minimum absolute atomic E-state index is 0.0367. The molecule has 4 aromatic rings. The van der Waals surface area contributed by atoms with E-state index in [4.69, 9.17) is 36.4 Å². The fraction of sp³-hybridized carbons (Fsp3) is 0.700. The number of nitrogens with zero attached hydrogens (tertiary/aromatic N) is 6. The Balaban J connectivity index is 1.34. The number of hydrogen-bond acceptors (Lipinski definition) is 18. The molecule has 2 amide bonds. The van der Waals surface area contributed by atoms with Crippen molar-refractivity contribution in [1.29, 1.82) is 0 Å². The standard InChI is InChI=1S/C40H64N10O14P2S2Si2/c1-19(2)31(51)45-37-43-29-23(33(53)47-37)41-17-49(29)35-27-25(63-69(11,12)39(5,6)7)21(59-35)15-57-66(56,68)62-28-26(64-70(13,14)40(8,9)10)22(16-58-65(55,67)61-27)60-36(28)50-18-42-24-30(50)44-38(48-34(24)54)46-32(52)20(3)4/h17-22,25-28,35-36H,15-16H2,1-14H3,(H,55,67)(H,56,68)(H2,43,45,47,51,53)(H2,44,46,48,52,54)/t21-,22-,25-,26-,27-,28-,35-,36-,65?,66?/m1/s1. The maximum absolute atomic E-state index is 14.9. The molecule has 0 radical (unpaired) electrons. The molecule has 2 unspecified atom stereocenters. The van der Waals surface area contributed by atoms with E-state index in [1.165, 1.54) is 21.8 Å². The second-order valence-corrected chi connectivity index (χ2v) is 36.5. The van der Waals surface area contributed by atoms with Crippen molar-refractivity contribution in [1.82, 2.24) is 39.0 Å². The van der Waals surface area contributed by atoms with Gasteiger partial charge < -0.3 is 18.3 Å². The van der Waals surface area contributed by atoms with Crippen molar-refractivity contribution in [2.75, 3.05) is 23.8 Å². The van der Waals surface area contributed by atoms with E-state index in [9.17, 15) is 28.3 Å². The molecule has 10 atom stereocenters. The Hall–Kier alpha value is -3.09. The number of rotatable bonds is 10. The Morgan fingerprint density at radius 1 is 0.700 bits per heavy atom. The highest BCUT2D eigenvalue weighted by atomic mass is 32.7. The molecule has 0 spiro atoms. The van der Waals surface area contributed by atoms with E-state index in [2.05, 4.69) is 65.0 Å². The minimum Gasteiger partial charge on any atom is -0.408 e. The molecule has 0 aliphatic carbocycles. The van der Waals surface area contributed by atoms with Crippen molar-refractivity contribution in [2.45, 2.75) is 155 Å². The van der Waals surface area contributed by atoms with Crippen LogP contribution in [0.1, 0.15) is 81.7 Å². The van der Waals surface area contributed by atoms with Gasteiger partial charge in [-0.05, 0) is 36.3 Å². The van der Waals surface area contributed by atoms with Crippen LogP contribution in [0.2, 0.25) is 36.3 Å². The highest BCUT2D eigenvalue weighted by Crippen LogP contribution is 2.61. The summed E-state index contributed by atoms with van der Waals surface area (Å²) in [5.41, 5.74) is -1.65. The largest absolute Gasteiger partial charge is 0.408 e. The van der Waals surface area contributed by atoms with E-state index >= 15 is 0 Å². The number of hydrogen-bond donors (Lipinski definition) is 6. The monoisotopic (exact) mass is 1090 g/mol. The summed E-state index contributed by atoms with van der Waals surface area (Å²) in [7, 11) is -5.63. The van der Waals surface area contributed by atoms with E-state index < -0.39 is 137 Å². The fourth-order valence-corrected chi connectivity index (χ4v) is 12.8. The van der Waals surface area contributed by atoms with Gasteiger partial charge in [0.05, 0.1) is 25.9 Å². The molecule has 4 bridgehead atoms. The number of anilines is 2. The smallest absolute Gasteiger partial charge is 0.386 e. The SMILES string of the molecule is CC(C)C(=O)Nc1nc2c(ncn2[C@@H]2O[C@@H]3COP(=O)(S)O[C@@H]4[C@H](O[Si](C)(C)C(C)(C)C)[C@@H](COP(=O)(S)O[C@@H]2[C@@H]3O[Si](C)(C)C(C)(C)C)O[C@H]4n2cnc3c(=O)[nH]c(NC(=O)C(C)C)nc32)c(=O)[nH]1. The van der Waals surface area contributed by atoms with Crippen LogP contribution < -0.4 is 21.8 Å². The van der Waals surface area contributed by atoms with Gasteiger partial charge in [0, 0.05) is 11.8 Å². The van der Waals surface area contributed by atoms with Crippen molar-refractivity contribution in [3.63, 3.8) is 0 Å². The van der Waals surface area contributed by atoms with Crippen molar-refractivity contribution in [3.8, 4) is 0 Å². The molecular weight excluding hydrogens is 1030 g/mol. The third-order valence-corrected chi connectivity index (χ3v) is 25.5. The van der Waals surface area contributed by atoms with Crippen LogP contribution in [0.25, 0.3) is 22.3 Å². The van der Waals surface area contributed by atoms with Gasteiger partial charge in [0.1, 0.15) is 36.6 Å². The highest BCUT2D eigenvalue weighted by molar-refractivity contribution is 8.44. The number of aromatic amines is 2. The average molecular weight is 1090 g/mol. The number of imidazole rings is 2. The molecule has 3 fully saturated rings. The molecule has 4 N–H and O–H groups in total. The molecule has 30 heteroatoms. The summed E-state index contributed by atoms with van der Waals surface area (Å²) in [6.45, 7) is 16.6. The second kappa shape index (κ2) is 19.6. The molecule has 388 valence electrons. The van der Waals surface area contributed by atoms with Crippen LogP contribution in [-0.4, -0.2) is 117 Å². The summed E-state index contributed by atoms with van der Waals surface area (Å²) >= 11 is 9.02. The summed E-state index contributed by atoms with van der Waals surface area (Å²) in [6, 6.07) is 0. The van der Waals surface area contributed by atoms with Gasteiger partial charge in [0.2, 0.25) is 23.7 Å². The molecule has 0 aromatic carbocycles. The Bertz CT molecular complexity index is 2680. The van der Waals surface area contributed by atoms with Crippen molar-refractivity contribution >= 4 is 101 Å². The van der Waals surface area contributed by atoms with Crippen LogP contribution in [0.3, 0.4) is 0 Å². The number of aromatic nitrogens is 8. The maximum Gasteiger partial charge on any atom is 0.386 e. The van der Waals surface area contributed by atoms with Gasteiger partial charge in [0.25, 0.3) is 11.1 Å². The van der Waals surface area contributed by atoms with E-state index in [1.54, 1.807) is 27.7 Å².